The minimum absolute atomic E-state index is 0.0942. The molecule has 8 heteroatoms. The molecule has 11 rings (SSSR count). The quantitative estimate of drug-likeness (QED) is 0.155. The number of rotatable bonds is 6. The first-order chi connectivity index (χ1) is 31.4. The smallest absolute Gasteiger partial charge is 0.410 e. The molecule has 0 N–H and O–H groups in total. The molecular formula is C56H38N2O6. The van der Waals surface area contributed by atoms with E-state index in [1.807, 2.05) is 109 Å². The number of fused-ring (bicyclic) bond motifs is 12. The van der Waals surface area contributed by atoms with Crippen molar-refractivity contribution in [2.45, 2.75) is 23.7 Å². The van der Waals surface area contributed by atoms with Gasteiger partial charge in [-0.05, 0) is 95.1 Å². The second-order valence-corrected chi connectivity index (χ2v) is 16.2. The van der Waals surface area contributed by atoms with Crippen molar-refractivity contribution in [3.63, 3.8) is 0 Å². The van der Waals surface area contributed by atoms with Crippen LogP contribution < -0.4 is 19.3 Å². The van der Waals surface area contributed by atoms with Crippen LogP contribution in [-0.4, -0.2) is 23.8 Å². The summed E-state index contributed by atoms with van der Waals surface area (Å²) in [5, 5.41) is 0. The summed E-state index contributed by atoms with van der Waals surface area (Å²) in [6.45, 7) is 0. The van der Waals surface area contributed by atoms with Crippen molar-refractivity contribution in [1.29, 1.82) is 0 Å². The highest BCUT2D eigenvalue weighted by Crippen LogP contribution is 2.72. The zero-order valence-electron chi connectivity index (χ0n) is 34.3. The summed E-state index contributed by atoms with van der Waals surface area (Å²) in [6.07, 6.45) is -1.15. The van der Waals surface area contributed by atoms with E-state index in [4.69, 9.17) is 9.47 Å². The van der Waals surface area contributed by atoms with Crippen molar-refractivity contribution in [3.8, 4) is 11.5 Å². The first-order valence-electron chi connectivity index (χ1n) is 21.2. The Morgan fingerprint density at radius 2 is 0.547 bits per heavy atom. The number of hydrogen-bond acceptors (Lipinski definition) is 6. The van der Waals surface area contributed by atoms with Gasteiger partial charge >= 0.3 is 12.2 Å². The number of hydrogen-bond donors (Lipinski definition) is 0. The van der Waals surface area contributed by atoms with E-state index in [1.54, 1.807) is 82.6 Å². The van der Waals surface area contributed by atoms with Gasteiger partial charge in [0.05, 0.1) is 22.7 Å². The molecule has 0 spiro atoms. The van der Waals surface area contributed by atoms with E-state index in [2.05, 4.69) is 24.3 Å². The Morgan fingerprint density at radius 3 is 0.844 bits per heavy atom. The van der Waals surface area contributed by atoms with Gasteiger partial charge in [0.25, 0.3) is 0 Å². The average molecular weight is 835 g/mol. The molecule has 64 heavy (non-hydrogen) atoms. The molecule has 8 aromatic rings. The lowest BCUT2D eigenvalue weighted by Gasteiger charge is -2.52. The van der Waals surface area contributed by atoms with Crippen LogP contribution in [0.5, 0.6) is 11.5 Å². The van der Waals surface area contributed by atoms with Crippen LogP contribution in [0, 0.1) is 0 Å². The SMILES string of the molecule is O=C(c1ccccc1)c1ccc(OC(=O)N2c3ccccc3C3C(c4ccccc42)C2c4ccccc4N(C(=O)Oc4ccc(C(=O)c5ccccc5)cc4)c4ccccc4C32)cc1. The number of benzene rings is 8. The largest absolute Gasteiger partial charge is 0.424 e. The fraction of sp³-hybridized carbons (Fsp3) is 0.0714. The highest BCUT2D eigenvalue weighted by Gasteiger charge is 2.58. The zero-order chi connectivity index (χ0) is 43.3. The van der Waals surface area contributed by atoms with Crippen LogP contribution in [0.2, 0.25) is 0 Å². The van der Waals surface area contributed by atoms with Gasteiger partial charge in [0.2, 0.25) is 0 Å². The average Bonchev–Trinajstić information content (AvgIpc) is 3.51. The Balaban J connectivity index is 0.955. The first-order valence-corrected chi connectivity index (χ1v) is 21.2. The van der Waals surface area contributed by atoms with Gasteiger partial charge in [-0.25, -0.2) is 19.4 Å². The Labute approximate surface area is 369 Å². The summed E-state index contributed by atoms with van der Waals surface area (Å²) < 4.78 is 12.3. The maximum Gasteiger partial charge on any atom is 0.424 e. The summed E-state index contributed by atoms with van der Waals surface area (Å²) in [6, 6.07) is 63.4. The van der Waals surface area contributed by atoms with E-state index in [0.717, 1.165) is 22.3 Å². The van der Waals surface area contributed by atoms with Crippen molar-refractivity contribution in [2.75, 3.05) is 9.80 Å². The third-order valence-corrected chi connectivity index (χ3v) is 12.8. The van der Waals surface area contributed by atoms with E-state index in [9.17, 15) is 19.2 Å². The zero-order valence-corrected chi connectivity index (χ0v) is 34.3. The third-order valence-electron chi connectivity index (χ3n) is 12.8. The lowest BCUT2D eigenvalue weighted by molar-refractivity contribution is 0.103. The predicted molar refractivity (Wildman–Crippen MR) is 246 cm³/mol. The van der Waals surface area contributed by atoms with Crippen LogP contribution in [0.15, 0.2) is 206 Å². The molecule has 2 amide bonds. The molecule has 3 aliphatic rings. The number of ether oxygens (including phenoxy) is 2. The van der Waals surface area contributed by atoms with Crippen LogP contribution in [0.3, 0.4) is 0 Å². The van der Waals surface area contributed by atoms with Crippen LogP contribution in [-0.2, 0) is 0 Å². The summed E-state index contributed by atoms with van der Waals surface area (Å²) in [7, 11) is 0. The second kappa shape index (κ2) is 15.8. The molecule has 0 aromatic heterocycles. The number of ketones is 2. The summed E-state index contributed by atoms with van der Waals surface area (Å²) >= 11 is 0. The molecule has 1 saturated carbocycles. The molecule has 0 bridgehead atoms. The molecule has 8 aromatic carbocycles. The Bertz CT molecular complexity index is 2790. The molecule has 0 radical (unpaired) electrons. The Kier molecular flexibility index (Phi) is 9.54. The highest BCUT2D eigenvalue weighted by atomic mass is 16.6. The molecule has 308 valence electrons. The van der Waals surface area contributed by atoms with Gasteiger partial charge in [0.1, 0.15) is 11.5 Å². The number of carbonyl (C=O) groups excluding carboxylic acids is 4. The van der Waals surface area contributed by atoms with Gasteiger partial charge in [-0.15, -0.1) is 0 Å². The van der Waals surface area contributed by atoms with E-state index >= 15 is 0 Å². The fourth-order valence-electron chi connectivity index (χ4n) is 9.99. The third kappa shape index (κ3) is 6.46. The molecule has 2 heterocycles. The van der Waals surface area contributed by atoms with E-state index in [-0.39, 0.29) is 35.2 Å². The van der Waals surface area contributed by atoms with Gasteiger partial charge < -0.3 is 9.47 Å². The number of nitrogens with zero attached hydrogens (tertiary/aromatic N) is 2. The second-order valence-electron chi connectivity index (χ2n) is 16.2. The fourth-order valence-corrected chi connectivity index (χ4v) is 9.99. The standard InChI is InChI=1S/C56H38N2O6/c59-53(35-15-3-1-4-16-35)37-27-31-39(32-28-37)63-55(61)57-45-23-11-7-19-41(45)49-50(42-20-8-12-24-46(42)57)52-44-22-10-14-26-48(44)58(47-25-13-9-21-43(47)51(49)52)56(62)64-40-33-29-38(30-34-40)54(60)36-17-5-2-6-18-36/h1-34,49-52H. The lowest BCUT2D eigenvalue weighted by atomic mass is 9.49. The van der Waals surface area contributed by atoms with Crippen LogP contribution in [0.1, 0.15) is 77.8 Å². The molecule has 8 nitrogen and oxygen atoms in total. The minimum atomic E-state index is -0.573. The topological polar surface area (TPSA) is 93.2 Å². The molecule has 0 unspecified atom stereocenters. The molecule has 0 saturated heterocycles. The number of amides is 2. The minimum Gasteiger partial charge on any atom is -0.410 e. The van der Waals surface area contributed by atoms with Gasteiger partial charge in [0.15, 0.2) is 11.6 Å². The number of anilines is 4. The van der Waals surface area contributed by atoms with Gasteiger partial charge in [-0.2, -0.15) is 0 Å². The van der Waals surface area contributed by atoms with Crippen LogP contribution >= 0.6 is 0 Å². The van der Waals surface area contributed by atoms with Crippen molar-refractivity contribution in [3.05, 3.63) is 251 Å². The molecular weight excluding hydrogens is 797 g/mol. The maximum absolute atomic E-state index is 14.6. The molecule has 1 fully saturated rings. The van der Waals surface area contributed by atoms with Crippen molar-refractivity contribution < 1.29 is 28.7 Å². The van der Waals surface area contributed by atoms with E-state index in [0.29, 0.717) is 56.5 Å². The summed E-state index contributed by atoms with van der Waals surface area (Å²) in [5.41, 5.74) is 8.92. The Hall–Kier alpha value is -8.36. The van der Waals surface area contributed by atoms with Crippen LogP contribution in [0.4, 0.5) is 32.3 Å². The summed E-state index contributed by atoms with van der Waals surface area (Å²) in [4.78, 5) is 58.9. The lowest BCUT2D eigenvalue weighted by Crippen LogP contribution is -2.39. The molecule has 1 aliphatic carbocycles. The predicted octanol–water partition coefficient (Wildman–Crippen LogP) is 12.9. The van der Waals surface area contributed by atoms with E-state index in [1.165, 1.54) is 0 Å². The van der Waals surface area contributed by atoms with Crippen LogP contribution in [0.25, 0.3) is 0 Å². The molecule has 2 aliphatic heterocycles. The van der Waals surface area contributed by atoms with Crippen molar-refractivity contribution in [2.24, 2.45) is 0 Å². The Morgan fingerprint density at radius 1 is 0.297 bits per heavy atom. The van der Waals surface area contributed by atoms with Gasteiger partial charge in [0, 0.05) is 45.9 Å². The monoisotopic (exact) mass is 834 g/mol. The number of carbonyl (C=O) groups is 4. The normalized spacial score (nSPS) is 17.6. The molecule has 0 atom stereocenters. The van der Waals surface area contributed by atoms with E-state index < -0.39 is 12.2 Å². The highest BCUT2D eigenvalue weighted by molar-refractivity contribution is 6.10. The summed E-state index contributed by atoms with van der Waals surface area (Å²) in [5.74, 6) is 0.0147. The van der Waals surface area contributed by atoms with Crippen molar-refractivity contribution >= 4 is 46.5 Å². The first kappa shape index (κ1) is 38.6. The van der Waals surface area contributed by atoms with Gasteiger partial charge in [-0.3, -0.25) is 9.59 Å². The maximum atomic E-state index is 14.6. The van der Waals surface area contributed by atoms with Crippen molar-refractivity contribution in [1.82, 2.24) is 0 Å². The number of para-hydroxylation sites is 4. The van der Waals surface area contributed by atoms with Gasteiger partial charge in [-0.1, -0.05) is 133 Å².